The summed E-state index contributed by atoms with van der Waals surface area (Å²) < 4.78 is 10.8. The maximum atomic E-state index is 12.1. The second-order valence-corrected chi connectivity index (χ2v) is 7.12. The van der Waals surface area contributed by atoms with Gasteiger partial charge >= 0.3 is 0 Å². The van der Waals surface area contributed by atoms with Crippen LogP contribution >= 0.6 is 24.0 Å². The van der Waals surface area contributed by atoms with Crippen LogP contribution in [-0.4, -0.2) is 58.7 Å². The van der Waals surface area contributed by atoms with Gasteiger partial charge in [0.1, 0.15) is 11.5 Å². The molecule has 2 rings (SSSR count). The number of halogens is 1. The van der Waals surface area contributed by atoms with Gasteiger partial charge in [-0.1, -0.05) is 12.1 Å². The van der Waals surface area contributed by atoms with Gasteiger partial charge in [-0.25, -0.2) is 0 Å². The highest BCUT2D eigenvalue weighted by Gasteiger charge is 2.14. The van der Waals surface area contributed by atoms with Crippen molar-refractivity contribution in [2.75, 3.05) is 41.9 Å². The van der Waals surface area contributed by atoms with Crippen LogP contribution in [0.4, 0.5) is 0 Å². The highest BCUT2D eigenvalue weighted by molar-refractivity contribution is 14.0. The summed E-state index contributed by atoms with van der Waals surface area (Å²) in [7, 11) is 8.54. The molecule has 0 fully saturated rings. The highest BCUT2D eigenvalue weighted by Crippen LogP contribution is 2.29. The first kappa shape index (κ1) is 26.5. The number of carbonyl (C=O) groups excluding carboxylic acids is 1. The number of methoxy groups -OCH3 is 2. The number of ether oxygens (including phenoxy) is 2. The fraction of sp³-hybridized carbons (Fsp3) is 0.391. The predicted octanol–water partition coefficient (Wildman–Crippen LogP) is 3.49. The molecule has 1 unspecified atom stereocenters. The van der Waals surface area contributed by atoms with Gasteiger partial charge in [0.25, 0.3) is 5.91 Å². The van der Waals surface area contributed by atoms with E-state index in [0.29, 0.717) is 18.1 Å². The van der Waals surface area contributed by atoms with E-state index in [4.69, 9.17) is 9.47 Å². The average molecular weight is 540 g/mol. The summed E-state index contributed by atoms with van der Waals surface area (Å²) in [4.78, 5) is 18.0. The Bertz CT molecular complexity index is 887. The number of carbonyl (C=O) groups is 1. The molecular weight excluding hydrogens is 507 g/mol. The molecule has 31 heavy (non-hydrogen) atoms. The molecule has 0 bridgehead atoms. The molecule has 0 heterocycles. The Balaban J connectivity index is 0.00000480. The number of guanidine groups is 1. The molecule has 0 saturated heterocycles. The van der Waals surface area contributed by atoms with Gasteiger partial charge in [0.05, 0.1) is 20.3 Å². The molecule has 2 aromatic carbocycles. The van der Waals surface area contributed by atoms with Crippen molar-refractivity contribution in [1.82, 2.24) is 15.5 Å². The van der Waals surface area contributed by atoms with E-state index in [1.165, 1.54) is 0 Å². The molecule has 2 N–H and O–H groups in total. The SMILES string of the molecule is CN=C(NCCc1cccc(C(=O)N(C)C)c1)NC(C)c1cc(OC)ccc1OC.I. The fourth-order valence-corrected chi connectivity index (χ4v) is 3.10. The summed E-state index contributed by atoms with van der Waals surface area (Å²) in [5.74, 6) is 2.25. The first-order chi connectivity index (χ1) is 14.4. The molecule has 170 valence electrons. The van der Waals surface area contributed by atoms with Crippen LogP contribution in [0.3, 0.4) is 0 Å². The van der Waals surface area contributed by atoms with Gasteiger partial charge < -0.3 is 25.0 Å². The van der Waals surface area contributed by atoms with E-state index in [-0.39, 0.29) is 35.9 Å². The smallest absolute Gasteiger partial charge is 0.253 e. The number of aliphatic imine (C=N–C) groups is 1. The Hall–Kier alpha value is -2.49. The van der Waals surface area contributed by atoms with Crippen LogP contribution in [0, 0.1) is 0 Å². The van der Waals surface area contributed by atoms with Gasteiger partial charge in [0.2, 0.25) is 0 Å². The maximum Gasteiger partial charge on any atom is 0.253 e. The van der Waals surface area contributed by atoms with Gasteiger partial charge in [0.15, 0.2) is 5.96 Å². The van der Waals surface area contributed by atoms with Gasteiger partial charge in [-0.15, -0.1) is 24.0 Å². The van der Waals surface area contributed by atoms with Crippen molar-refractivity contribution in [1.29, 1.82) is 0 Å². The molecule has 0 aliphatic carbocycles. The van der Waals surface area contributed by atoms with Crippen LogP contribution in [-0.2, 0) is 6.42 Å². The topological polar surface area (TPSA) is 75.2 Å². The number of rotatable bonds is 8. The van der Waals surface area contributed by atoms with E-state index >= 15 is 0 Å². The van der Waals surface area contributed by atoms with Crippen molar-refractivity contribution in [2.24, 2.45) is 4.99 Å². The summed E-state index contributed by atoms with van der Waals surface area (Å²) in [5.41, 5.74) is 2.77. The van der Waals surface area contributed by atoms with Crippen molar-refractivity contribution in [3.63, 3.8) is 0 Å². The molecule has 2 aromatic rings. The predicted molar refractivity (Wildman–Crippen MR) is 136 cm³/mol. The van der Waals surface area contributed by atoms with Crippen molar-refractivity contribution >= 4 is 35.8 Å². The molecule has 7 nitrogen and oxygen atoms in total. The van der Waals surface area contributed by atoms with Crippen LogP contribution < -0.4 is 20.1 Å². The zero-order chi connectivity index (χ0) is 22.1. The van der Waals surface area contributed by atoms with E-state index < -0.39 is 0 Å². The Morgan fingerprint density at radius 1 is 1.13 bits per heavy atom. The Morgan fingerprint density at radius 2 is 1.87 bits per heavy atom. The minimum atomic E-state index is -0.0395. The molecule has 0 aromatic heterocycles. The number of benzene rings is 2. The van der Waals surface area contributed by atoms with Gasteiger partial charge in [0, 0.05) is 38.8 Å². The van der Waals surface area contributed by atoms with Crippen LogP contribution in [0.15, 0.2) is 47.5 Å². The van der Waals surface area contributed by atoms with Crippen molar-refractivity contribution in [2.45, 2.75) is 19.4 Å². The Labute approximate surface area is 202 Å². The second-order valence-electron chi connectivity index (χ2n) is 7.12. The lowest BCUT2D eigenvalue weighted by Gasteiger charge is -2.21. The lowest BCUT2D eigenvalue weighted by molar-refractivity contribution is 0.0827. The van der Waals surface area contributed by atoms with E-state index in [1.807, 2.05) is 49.4 Å². The highest BCUT2D eigenvalue weighted by atomic mass is 127. The molecule has 8 heteroatoms. The van der Waals surface area contributed by atoms with Crippen molar-refractivity contribution < 1.29 is 14.3 Å². The number of nitrogens with one attached hydrogen (secondary N) is 2. The van der Waals surface area contributed by atoms with Crippen LogP contribution in [0.25, 0.3) is 0 Å². The molecule has 0 saturated carbocycles. The van der Waals surface area contributed by atoms with E-state index in [9.17, 15) is 4.79 Å². The summed E-state index contributed by atoms with van der Waals surface area (Å²) in [6, 6.07) is 13.4. The summed E-state index contributed by atoms with van der Waals surface area (Å²) in [6.07, 6.45) is 0.770. The molecule has 0 radical (unpaired) electrons. The van der Waals surface area contributed by atoms with Gasteiger partial charge in [-0.2, -0.15) is 0 Å². The van der Waals surface area contributed by atoms with Crippen LogP contribution in [0.2, 0.25) is 0 Å². The zero-order valence-electron chi connectivity index (χ0n) is 19.1. The second kappa shape index (κ2) is 13.0. The lowest BCUT2D eigenvalue weighted by Crippen LogP contribution is -2.39. The van der Waals surface area contributed by atoms with Crippen molar-refractivity contribution in [3.05, 3.63) is 59.2 Å². The number of hydrogen-bond acceptors (Lipinski definition) is 4. The average Bonchev–Trinajstić information content (AvgIpc) is 2.77. The van der Waals surface area contributed by atoms with E-state index in [0.717, 1.165) is 29.0 Å². The molecule has 0 aliphatic heterocycles. The molecular formula is C23H33IN4O3. The van der Waals surface area contributed by atoms with E-state index in [2.05, 4.69) is 15.6 Å². The Morgan fingerprint density at radius 3 is 2.48 bits per heavy atom. The Kier molecular flexibility index (Phi) is 11.2. The van der Waals surface area contributed by atoms with Crippen molar-refractivity contribution in [3.8, 4) is 11.5 Å². The monoisotopic (exact) mass is 540 g/mol. The normalized spacial score (nSPS) is 11.7. The standard InChI is InChI=1S/C23H32N4O3.HI/c1-16(20-15-19(29-5)10-11-21(20)30-6)26-23(24-2)25-13-12-17-8-7-9-18(14-17)22(28)27(3)4;/h7-11,14-16H,12-13H2,1-6H3,(H2,24,25,26);1H. The number of hydrogen-bond donors (Lipinski definition) is 2. The minimum Gasteiger partial charge on any atom is -0.497 e. The summed E-state index contributed by atoms with van der Waals surface area (Å²) in [5, 5.41) is 6.71. The third kappa shape index (κ3) is 7.61. The fourth-order valence-electron chi connectivity index (χ4n) is 3.10. The first-order valence-corrected chi connectivity index (χ1v) is 9.89. The maximum absolute atomic E-state index is 12.1. The molecule has 1 amide bonds. The first-order valence-electron chi connectivity index (χ1n) is 9.89. The number of amides is 1. The summed E-state index contributed by atoms with van der Waals surface area (Å²) in [6.45, 7) is 2.72. The molecule has 1 atom stereocenters. The summed E-state index contributed by atoms with van der Waals surface area (Å²) >= 11 is 0. The van der Waals surface area contributed by atoms with Crippen LogP contribution in [0.1, 0.15) is 34.5 Å². The molecule has 0 aliphatic rings. The van der Waals surface area contributed by atoms with Gasteiger partial charge in [-0.05, 0) is 49.2 Å². The molecule has 0 spiro atoms. The lowest BCUT2D eigenvalue weighted by atomic mass is 10.1. The quantitative estimate of drug-likeness (QED) is 0.305. The number of nitrogens with zero attached hydrogens (tertiary/aromatic N) is 2. The van der Waals surface area contributed by atoms with Crippen LogP contribution in [0.5, 0.6) is 11.5 Å². The van der Waals surface area contributed by atoms with E-state index in [1.54, 1.807) is 40.3 Å². The minimum absolute atomic E-state index is 0. The zero-order valence-corrected chi connectivity index (χ0v) is 21.4. The third-order valence-electron chi connectivity index (χ3n) is 4.77. The third-order valence-corrected chi connectivity index (χ3v) is 4.77. The largest absolute Gasteiger partial charge is 0.497 e. The van der Waals surface area contributed by atoms with Gasteiger partial charge in [-0.3, -0.25) is 9.79 Å².